The van der Waals surface area contributed by atoms with Crippen molar-refractivity contribution in [2.75, 3.05) is 0 Å². The van der Waals surface area contributed by atoms with Gasteiger partial charge in [-0.2, -0.15) is 0 Å². The Labute approximate surface area is 102 Å². The lowest BCUT2D eigenvalue weighted by Crippen LogP contribution is -2.38. The van der Waals surface area contributed by atoms with Gasteiger partial charge < -0.3 is 5.32 Å². The van der Waals surface area contributed by atoms with Crippen molar-refractivity contribution in [1.29, 1.82) is 0 Å². The van der Waals surface area contributed by atoms with Crippen LogP contribution >= 0.6 is 22.9 Å². The van der Waals surface area contributed by atoms with Gasteiger partial charge in [-0.15, -0.1) is 11.3 Å². The van der Waals surface area contributed by atoms with E-state index in [0.717, 1.165) is 4.34 Å². The third-order valence-corrected chi connectivity index (χ3v) is 4.23. The van der Waals surface area contributed by atoms with Crippen LogP contribution in [-0.2, 0) is 0 Å². The maximum atomic E-state index is 5.92. The molecular formula is C12H20ClNS. The zero-order valence-electron chi connectivity index (χ0n) is 10.1. The Balaban J connectivity index is 2.60. The van der Waals surface area contributed by atoms with Crippen LogP contribution in [0.15, 0.2) is 12.1 Å². The first-order valence-electron chi connectivity index (χ1n) is 5.32. The molecule has 1 N–H and O–H groups in total. The Kier molecular flexibility index (Phi) is 4.21. The van der Waals surface area contributed by atoms with Crippen LogP contribution < -0.4 is 5.32 Å². The molecule has 0 aliphatic rings. The Hall–Kier alpha value is -0.0500. The summed E-state index contributed by atoms with van der Waals surface area (Å²) in [6.07, 6.45) is 0. The maximum absolute atomic E-state index is 5.92. The number of thiophene rings is 1. The second-order valence-electron chi connectivity index (χ2n) is 5.12. The molecule has 1 nitrogen and oxygen atoms in total. The molecule has 0 radical (unpaired) electrons. The van der Waals surface area contributed by atoms with Crippen LogP contribution in [0, 0.1) is 5.41 Å². The van der Waals surface area contributed by atoms with Crippen molar-refractivity contribution < 1.29 is 0 Å². The van der Waals surface area contributed by atoms with E-state index >= 15 is 0 Å². The molecule has 15 heavy (non-hydrogen) atoms. The van der Waals surface area contributed by atoms with Gasteiger partial charge in [0.2, 0.25) is 0 Å². The summed E-state index contributed by atoms with van der Waals surface area (Å²) < 4.78 is 0.863. The summed E-state index contributed by atoms with van der Waals surface area (Å²) in [5.74, 6) is 0. The van der Waals surface area contributed by atoms with Crippen LogP contribution in [0.2, 0.25) is 4.34 Å². The lowest BCUT2D eigenvalue weighted by Gasteiger charge is -2.30. The van der Waals surface area contributed by atoms with Crippen molar-refractivity contribution >= 4 is 22.9 Å². The molecule has 0 saturated heterocycles. The number of halogens is 1. The maximum Gasteiger partial charge on any atom is 0.0931 e. The smallest absolute Gasteiger partial charge is 0.0931 e. The largest absolute Gasteiger partial charge is 0.306 e. The molecule has 2 atom stereocenters. The van der Waals surface area contributed by atoms with Crippen LogP contribution in [-0.4, -0.2) is 6.04 Å². The Morgan fingerprint density at radius 1 is 1.27 bits per heavy atom. The predicted octanol–water partition coefficient (Wildman–Crippen LogP) is 4.49. The van der Waals surface area contributed by atoms with Gasteiger partial charge in [-0.1, -0.05) is 32.4 Å². The normalized spacial score (nSPS) is 16.4. The fourth-order valence-corrected chi connectivity index (χ4v) is 2.34. The molecule has 86 valence electrons. The summed E-state index contributed by atoms with van der Waals surface area (Å²) in [5, 5.41) is 3.60. The van der Waals surface area contributed by atoms with Gasteiger partial charge in [0, 0.05) is 17.0 Å². The van der Waals surface area contributed by atoms with E-state index in [1.165, 1.54) is 4.88 Å². The highest BCUT2D eigenvalue weighted by Gasteiger charge is 2.22. The van der Waals surface area contributed by atoms with Crippen LogP contribution in [0.3, 0.4) is 0 Å². The highest BCUT2D eigenvalue weighted by molar-refractivity contribution is 7.16. The summed E-state index contributed by atoms with van der Waals surface area (Å²) in [5.41, 5.74) is 0.287. The topological polar surface area (TPSA) is 12.0 Å². The monoisotopic (exact) mass is 245 g/mol. The molecule has 0 saturated carbocycles. The molecule has 1 rings (SSSR count). The SMILES string of the molecule is CC(NC(C)C(C)(C)C)c1ccc(Cl)s1. The molecule has 1 aromatic rings. The molecule has 1 aromatic heterocycles. The lowest BCUT2D eigenvalue weighted by molar-refractivity contribution is 0.269. The third-order valence-electron chi connectivity index (χ3n) is 2.82. The van der Waals surface area contributed by atoms with Crippen molar-refractivity contribution in [1.82, 2.24) is 5.32 Å². The molecule has 0 spiro atoms. The molecule has 0 fully saturated rings. The zero-order valence-corrected chi connectivity index (χ0v) is 11.7. The van der Waals surface area contributed by atoms with Gasteiger partial charge in [-0.3, -0.25) is 0 Å². The first kappa shape index (κ1) is 13.0. The van der Waals surface area contributed by atoms with E-state index in [9.17, 15) is 0 Å². The van der Waals surface area contributed by atoms with Gasteiger partial charge in [0.25, 0.3) is 0 Å². The van der Waals surface area contributed by atoms with Crippen molar-refractivity contribution in [2.24, 2.45) is 5.41 Å². The fourth-order valence-electron chi connectivity index (χ4n) is 1.27. The number of nitrogens with one attached hydrogen (secondary N) is 1. The molecular weight excluding hydrogens is 226 g/mol. The van der Waals surface area contributed by atoms with E-state index < -0.39 is 0 Å². The van der Waals surface area contributed by atoms with Crippen LogP contribution in [0.5, 0.6) is 0 Å². The Morgan fingerprint density at radius 2 is 1.87 bits per heavy atom. The molecule has 0 aromatic carbocycles. The summed E-state index contributed by atoms with van der Waals surface area (Å²) in [4.78, 5) is 1.30. The minimum atomic E-state index is 0.287. The van der Waals surface area contributed by atoms with E-state index in [0.29, 0.717) is 12.1 Å². The number of hydrogen-bond acceptors (Lipinski definition) is 2. The molecule has 1 heterocycles. The molecule has 3 heteroatoms. The molecule has 0 aliphatic heterocycles. The molecule has 0 aliphatic carbocycles. The lowest BCUT2D eigenvalue weighted by atomic mass is 9.87. The summed E-state index contributed by atoms with van der Waals surface area (Å²) in [6, 6.07) is 4.91. The minimum absolute atomic E-state index is 0.287. The van der Waals surface area contributed by atoms with Crippen LogP contribution in [0.1, 0.15) is 45.5 Å². The second-order valence-corrected chi connectivity index (χ2v) is 6.86. The van der Waals surface area contributed by atoms with E-state index in [4.69, 9.17) is 11.6 Å². The highest BCUT2D eigenvalue weighted by atomic mass is 35.5. The number of hydrogen-bond donors (Lipinski definition) is 1. The summed E-state index contributed by atoms with van der Waals surface area (Å²) >= 11 is 7.57. The first-order valence-corrected chi connectivity index (χ1v) is 6.51. The van der Waals surface area contributed by atoms with Crippen molar-refractivity contribution in [3.63, 3.8) is 0 Å². The Morgan fingerprint density at radius 3 is 2.27 bits per heavy atom. The third kappa shape index (κ3) is 3.78. The molecule has 0 bridgehead atoms. The average Bonchev–Trinajstić information content (AvgIpc) is 2.50. The van der Waals surface area contributed by atoms with Crippen molar-refractivity contribution in [2.45, 2.75) is 46.7 Å². The summed E-state index contributed by atoms with van der Waals surface area (Å²) in [7, 11) is 0. The Bertz CT molecular complexity index is 314. The van der Waals surface area contributed by atoms with Crippen molar-refractivity contribution in [3.05, 3.63) is 21.3 Å². The zero-order chi connectivity index (χ0) is 11.6. The predicted molar refractivity (Wildman–Crippen MR) is 69.8 cm³/mol. The van der Waals surface area contributed by atoms with E-state index in [2.05, 4.69) is 46.0 Å². The van der Waals surface area contributed by atoms with Gasteiger partial charge >= 0.3 is 0 Å². The molecule has 2 unspecified atom stereocenters. The quantitative estimate of drug-likeness (QED) is 0.828. The van der Waals surface area contributed by atoms with Gasteiger partial charge in [0.15, 0.2) is 0 Å². The van der Waals surface area contributed by atoms with Crippen molar-refractivity contribution in [3.8, 4) is 0 Å². The van der Waals surface area contributed by atoms with E-state index in [-0.39, 0.29) is 5.41 Å². The number of rotatable bonds is 3. The van der Waals surface area contributed by atoms with Gasteiger partial charge in [-0.25, -0.2) is 0 Å². The van der Waals surface area contributed by atoms with E-state index in [1.807, 2.05) is 6.07 Å². The molecule has 0 amide bonds. The standard InChI is InChI=1S/C12H20ClNS/c1-8(10-6-7-11(13)15-10)14-9(2)12(3,4)5/h6-9,14H,1-5H3. The highest BCUT2D eigenvalue weighted by Crippen LogP contribution is 2.28. The van der Waals surface area contributed by atoms with Crippen LogP contribution in [0.4, 0.5) is 0 Å². The van der Waals surface area contributed by atoms with Gasteiger partial charge in [-0.05, 0) is 31.4 Å². The first-order chi connectivity index (χ1) is 6.80. The summed E-state index contributed by atoms with van der Waals surface area (Å²) in [6.45, 7) is 11.2. The second kappa shape index (κ2) is 4.86. The van der Waals surface area contributed by atoms with Crippen LogP contribution in [0.25, 0.3) is 0 Å². The van der Waals surface area contributed by atoms with E-state index in [1.54, 1.807) is 11.3 Å². The fraction of sp³-hybridized carbons (Fsp3) is 0.667. The van der Waals surface area contributed by atoms with Gasteiger partial charge in [0.05, 0.1) is 4.34 Å². The minimum Gasteiger partial charge on any atom is -0.306 e. The van der Waals surface area contributed by atoms with Gasteiger partial charge in [0.1, 0.15) is 0 Å². The average molecular weight is 246 g/mol.